The molecule has 66 valence electrons. The summed E-state index contributed by atoms with van der Waals surface area (Å²) in [6, 6.07) is 1.82. The normalized spacial score (nSPS) is 10.2. The fraction of sp³-hybridized carbons (Fsp3) is 0.444. The van der Waals surface area contributed by atoms with E-state index in [4.69, 9.17) is 4.74 Å². The summed E-state index contributed by atoms with van der Waals surface area (Å²) in [7, 11) is 1.66. The highest BCUT2D eigenvalue weighted by atomic mass is 16.5. The van der Waals surface area contributed by atoms with Gasteiger partial charge in [-0.05, 0) is 13.0 Å². The number of hydrogen-bond donors (Lipinski definition) is 0. The fourth-order valence-corrected chi connectivity index (χ4v) is 0.985. The predicted molar refractivity (Wildman–Crippen MR) is 46.3 cm³/mol. The van der Waals surface area contributed by atoms with Gasteiger partial charge in [0.05, 0.1) is 6.61 Å². The minimum Gasteiger partial charge on any atom is -0.383 e. The largest absolute Gasteiger partial charge is 0.383 e. The summed E-state index contributed by atoms with van der Waals surface area (Å²) in [5, 5.41) is 0. The zero-order valence-electron chi connectivity index (χ0n) is 7.41. The van der Waals surface area contributed by atoms with Crippen LogP contribution in [0.1, 0.15) is 17.3 Å². The number of Topliss-reactive ketones (excluding diaryl/α,β-unsaturated/α-hetero) is 1. The van der Waals surface area contributed by atoms with Crippen molar-refractivity contribution < 1.29 is 9.53 Å². The highest BCUT2D eigenvalue weighted by Crippen LogP contribution is 2.01. The van der Waals surface area contributed by atoms with Crippen LogP contribution in [0.5, 0.6) is 0 Å². The van der Waals surface area contributed by atoms with Crippen molar-refractivity contribution in [1.29, 1.82) is 0 Å². The van der Waals surface area contributed by atoms with E-state index in [1.54, 1.807) is 14.0 Å². The number of aromatic nitrogens is 1. The van der Waals surface area contributed by atoms with E-state index in [9.17, 15) is 4.79 Å². The van der Waals surface area contributed by atoms with Gasteiger partial charge in [0.15, 0.2) is 5.78 Å². The van der Waals surface area contributed by atoms with E-state index in [0.29, 0.717) is 6.61 Å². The molecule has 0 atom stereocenters. The number of carbonyl (C=O) groups is 1. The van der Waals surface area contributed by atoms with Crippen molar-refractivity contribution in [1.82, 2.24) is 4.57 Å². The molecule has 0 fully saturated rings. The second-order valence-electron chi connectivity index (χ2n) is 2.69. The van der Waals surface area contributed by atoms with Crippen molar-refractivity contribution in [2.75, 3.05) is 13.7 Å². The third-order valence-corrected chi connectivity index (χ3v) is 1.71. The molecule has 0 saturated heterocycles. The summed E-state index contributed by atoms with van der Waals surface area (Å²) in [6.45, 7) is 3.03. The van der Waals surface area contributed by atoms with E-state index in [1.165, 1.54) is 0 Å². The second-order valence-corrected chi connectivity index (χ2v) is 2.69. The first kappa shape index (κ1) is 9.00. The Bertz CT molecular complexity index is 265. The summed E-state index contributed by atoms with van der Waals surface area (Å²) in [4.78, 5) is 10.9. The Kier molecular flexibility index (Phi) is 3.05. The first-order chi connectivity index (χ1) is 5.74. The molecule has 0 aliphatic heterocycles. The number of methoxy groups -OCH3 is 1. The van der Waals surface area contributed by atoms with Crippen LogP contribution < -0.4 is 0 Å². The molecular weight excluding hydrogens is 154 g/mol. The average Bonchev–Trinajstić information content (AvgIpc) is 2.48. The van der Waals surface area contributed by atoms with E-state index >= 15 is 0 Å². The van der Waals surface area contributed by atoms with Gasteiger partial charge in [-0.1, -0.05) is 0 Å². The first-order valence-corrected chi connectivity index (χ1v) is 3.89. The van der Waals surface area contributed by atoms with Gasteiger partial charge in [-0.2, -0.15) is 0 Å². The fourth-order valence-electron chi connectivity index (χ4n) is 0.985. The molecule has 0 unspecified atom stereocenters. The molecule has 0 saturated carbocycles. The van der Waals surface area contributed by atoms with E-state index in [1.807, 2.05) is 23.0 Å². The quantitative estimate of drug-likeness (QED) is 0.633. The Morgan fingerprint density at radius 3 is 2.92 bits per heavy atom. The van der Waals surface area contributed by atoms with Crippen LogP contribution in [0.15, 0.2) is 18.5 Å². The molecule has 1 aromatic rings. The number of rotatable bonds is 4. The smallest absolute Gasteiger partial charge is 0.161 e. The van der Waals surface area contributed by atoms with Gasteiger partial charge in [-0.25, -0.2) is 0 Å². The highest BCUT2D eigenvalue weighted by molar-refractivity contribution is 5.93. The Morgan fingerprint density at radius 2 is 2.42 bits per heavy atom. The topological polar surface area (TPSA) is 31.2 Å². The minimum absolute atomic E-state index is 0.103. The molecule has 3 nitrogen and oxygen atoms in total. The lowest BCUT2D eigenvalue weighted by Crippen LogP contribution is -2.01. The van der Waals surface area contributed by atoms with Gasteiger partial charge in [-0.15, -0.1) is 0 Å². The van der Waals surface area contributed by atoms with E-state index in [0.717, 1.165) is 12.1 Å². The molecule has 1 aromatic heterocycles. The maximum atomic E-state index is 10.9. The maximum absolute atomic E-state index is 10.9. The molecule has 0 aliphatic carbocycles. The van der Waals surface area contributed by atoms with E-state index in [2.05, 4.69) is 0 Å². The molecular formula is C9H13NO2. The lowest BCUT2D eigenvalue weighted by Gasteiger charge is -1.99. The Labute approximate surface area is 72.0 Å². The lowest BCUT2D eigenvalue weighted by atomic mass is 10.2. The third-order valence-electron chi connectivity index (χ3n) is 1.71. The summed E-state index contributed by atoms with van der Waals surface area (Å²) < 4.78 is 6.85. The number of nitrogens with zero attached hydrogens (tertiary/aromatic N) is 1. The van der Waals surface area contributed by atoms with Crippen LogP contribution in [0.2, 0.25) is 0 Å². The molecule has 3 heteroatoms. The number of ether oxygens (including phenoxy) is 1. The minimum atomic E-state index is 0.103. The Morgan fingerprint density at radius 1 is 1.67 bits per heavy atom. The van der Waals surface area contributed by atoms with Crippen LogP contribution in [0, 0.1) is 0 Å². The molecule has 0 bridgehead atoms. The zero-order valence-corrected chi connectivity index (χ0v) is 7.41. The van der Waals surface area contributed by atoms with Crippen molar-refractivity contribution in [2.45, 2.75) is 13.5 Å². The van der Waals surface area contributed by atoms with Crippen LogP contribution in [0.4, 0.5) is 0 Å². The Balaban J connectivity index is 2.58. The molecule has 0 aromatic carbocycles. The lowest BCUT2D eigenvalue weighted by molar-refractivity contribution is 0.101. The van der Waals surface area contributed by atoms with Crippen molar-refractivity contribution >= 4 is 5.78 Å². The first-order valence-electron chi connectivity index (χ1n) is 3.89. The monoisotopic (exact) mass is 167 g/mol. The summed E-state index contributed by atoms with van der Waals surface area (Å²) in [6.07, 6.45) is 3.72. The van der Waals surface area contributed by atoms with Crippen LogP contribution >= 0.6 is 0 Å². The van der Waals surface area contributed by atoms with Crippen molar-refractivity contribution in [3.8, 4) is 0 Å². The van der Waals surface area contributed by atoms with Gasteiger partial charge in [0.2, 0.25) is 0 Å². The van der Waals surface area contributed by atoms with Gasteiger partial charge in [0, 0.05) is 31.6 Å². The van der Waals surface area contributed by atoms with Crippen molar-refractivity contribution in [3.63, 3.8) is 0 Å². The van der Waals surface area contributed by atoms with Crippen molar-refractivity contribution in [2.24, 2.45) is 0 Å². The standard InChI is InChI=1S/C9H13NO2/c1-8(11)9-3-4-10(7-9)5-6-12-2/h3-4,7H,5-6H2,1-2H3. The molecule has 0 aliphatic rings. The van der Waals surface area contributed by atoms with Crippen LogP contribution in [-0.2, 0) is 11.3 Å². The number of carbonyl (C=O) groups excluding carboxylic acids is 1. The molecule has 0 N–H and O–H groups in total. The van der Waals surface area contributed by atoms with Crippen LogP contribution in [0.3, 0.4) is 0 Å². The van der Waals surface area contributed by atoms with Gasteiger partial charge in [0.1, 0.15) is 0 Å². The number of hydrogen-bond acceptors (Lipinski definition) is 2. The van der Waals surface area contributed by atoms with Crippen LogP contribution in [-0.4, -0.2) is 24.1 Å². The molecule has 1 rings (SSSR count). The molecule has 0 spiro atoms. The van der Waals surface area contributed by atoms with Crippen LogP contribution in [0.25, 0.3) is 0 Å². The summed E-state index contributed by atoms with van der Waals surface area (Å²) in [5.74, 6) is 0.103. The molecule has 0 amide bonds. The molecule has 1 heterocycles. The van der Waals surface area contributed by atoms with Gasteiger partial charge >= 0.3 is 0 Å². The van der Waals surface area contributed by atoms with Gasteiger partial charge in [0.25, 0.3) is 0 Å². The summed E-state index contributed by atoms with van der Waals surface area (Å²) in [5.41, 5.74) is 0.756. The van der Waals surface area contributed by atoms with Gasteiger partial charge in [-0.3, -0.25) is 4.79 Å². The average molecular weight is 167 g/mol. The predicted octanol–water partition coefficient (Wildman–Crippen LogP) is 1.34. The van der Waals surface area contributed by atoms with E-state index in [-0.39, 0.29) is 5.78 Å². The SMILES string of the molecule is COCCn1ccc(C(C)=O)c1. The zero-order chi connectivity index (χ0) is 8.97. The van der Waals surface area contributed by atoms with E-state index < -0.39 is 0 Å². The van der Waals surface area contributed by atoms with Gasteiger partial charge < -0.3 is 9.30 Å². The Hall–Kier alpha value is -1.09. The molecule has 12 heavy (non-hydrogen) atoms. The second kappa shape index (κ2) is 4.07. The third kappa shape index (κ3) is 2.20. The highest BCUT2D eigenvalue weighted by Gasteiger charge is 2.00. The number of ketones is 1. The maximum Gasteiger partial charge on any atom is 0.161 e. The molecule has 0 radical (unpaired) electrons. The summed E-state index contributed by atoms with van der Waals surface area (Å²) >= 11 is 0. The van der Waals surface area contributed by atoms with Crippen molar-refractivity contribution in [3.05, 3.63) is 24.0 Å².